The highest BCUT2D eigenvalue weighted by Gasteiger charge is 2.30. The van der Waals surface area contributed by atoms with Gasteiger partial charge >= 0.3 is 0 Å². The number of hydrogen-bond acceptors (Lipinski definition) is 5. The smallest absolute Gasteiger partial charge is 0.259 e. The normalized spacial score (nSPS) is 14.8. The minimum atomic E-state index is -0.463. The average molecular weight is 311 g/mol. The van der Waals surface area contributed by atoms with E-state index in [1.807, 2.05) is 0 Å². The molecule has 0 spiro atoms. The standard InChI is InChI=1S/C15H10FN5O2/c16-8-3-4-10-9(5-8)14(22)19-13-11(17-6-21(10)13)12-18-15(23-20-12)7-1-2-7/h3-7H,1-2H2,(H,19,22). The van der Waals surface area contributed by atoms with Gasteiger partial charge in [-0.2, -0.15) is 4.98 Å². The molecular formula is C15H10FN5O2. The van der Waals surface area contributed by atoms with Gasteiger partial charge in [-0.05, 0) is 31.0 Å². The number of imidazole rings is 1. The zero-order valence-corrected chi connectivity index (χ0v) is 11.8. The average Bonchev–Trinajstić information content (AvgIpc) is 3.13. The van der Waals surface area contributed by atoms with Crippen LogP contribution in [0.1, 0.15) is 24.7 Å². The van der Waals surface area contributed by atoms with E-state index >= 15 is 0 Å². The number of aromatic nitrogens is 5. The molecule has 0 aliphatic heterocycles. The lowest BCUT2D eigenvalue weighted by molar-refractivity contribution is 0.380. The molecule has 7 nitrogen and oxygen atoms in total. The van der Waals surface area contributed by atoms with Gasteiger partial charge in [0.25, 0.3) is 5.56 Å². The fraction of sp³-hybridized carbons (Fsp3) is 0.200. The molecular weight excluding hydrogens is 301 g/mol. The summed E-state index contributed by atoms with van der Waals surface area (Å²) in [5, 5.41) is 4.21. The summed E-state index contributed by atoms with van der Waals surface area (Å²) in [5.74, 6) is 0.820. The van der Waals surface area contributed by atoms with Gasteiger partial charge in [0, 0.05) is 5.92 Å². The molecule has 0 unspecified atom stereocenters. The minimum Gasteiger partial charge on any atom is -0.339 e. The number of fused-ring (bicyclic) bond motifs is 3. The lowest BCUT2D eigenvalue weighted by Crippen LogP contribution is -2.09. The van der Waals surface area contributed by atoms with Crippen LogP contribution in [0.5, 0.6) is 0 Å². The molecule has 3 heterocycles. The molecule has 0 radical (unpaired) electrons. The van der Waals surface area contributed by atoms with Gasteiger partial charge in [-0.3, -0.25) is 9.20 Å². The number of rotatable bonds is 2. The molecule has 1 aliphatic carbocycles. The number of halogens is 1. The molecule has 1 fully saturated rings. The van der Waals surface area contributed by atoms with Gasteiger partial charge in [0.1, 0.15) is 17.8 Å². The molecule has 3 aromatic heterocycles. The van der Waals surface area contributed by atoms with Gasteiger partial charge in [0.2, 0.25) is 11.7 Å². The van der Waals surface area contributed by atoms with Crippen molar-refractivity contribution in [3.05, 3.63) is 46.6 Å². The summed E-state index contributed by atoms with van der Waals surface area (Å²) in [6.45, 7) is 0. The SMILES string of the molecule is O=c1[nH]c2c(-c3noc(C4CC4)n3)ncn2c2ccc(F)cc12. The second kappa shape index (κ2) is 4.25. The maximum atomic E-state index is 13.4. The molecule has 1 aliphatic rings. The van der Waals surface area contributed by atoms with Crippen LogP contribution >= 0.6 is 0 Å². The summed E-state index contributed by atoms with van der Waals surface area (Å²) >= 11 is 0. The molecule has 1 saturated carbocycles. The number of H-pyrrole nitrogens is 1. The van der Waals surface area contributed by atoms with Crippen molar-refractivity contribution in [2.45, 2.75) is 18.8 Å². The van der Waals surface area contributed by atoms with Crippen LogP contribution in [0, 0.1) is 5.82 Å². The zero-order valence-electron chi connectivity index (χ0n) is 11.8. The lowest BCUT2D eigenvalue weighted by Gasteiger charge is -2.02. The summed E-state index contributed by atoms with van der Waals surface area (Å²) in [6.07, 6.45) is 3.66. The number of hydrogen-bond donors (Lipinski definition) is 1. The van der Waals surface area contributed by atoms with Gasteiger partial charge in [-0.15, -0.1) is 0 Å². The molecule has 4 aromatic rings. The Morgan fingerprint density at radius 1 is 1.35 bits per heavy atom. The monoisotopic (exact) mass is 311 g/mol. The number of benzene rings is 1. The highest BCUT2D eigenvalue weighted by Crippen LogP contribution is 2.39. The van der Waals surface area contributed by atoms with E-state index in [0.717, 1.165) is 12.8 Å². The van der Waals surface area contributed by atoms with Crippen molar-refractivity contribution in [1.82, 2.24) is 24.5 Å². The Bertz CT molecular complexity index is 1120. The fourth-order valence-corrected chi connectivity index (χ4v) is 2.72. The third kappa shape index (κ3) is 1.81. The first kappa shape index (κ1) is 12.5. The molecule has 1 N–H and O–H groups in total. The van der Waals surface area contributed by atoms with Crippen LogP contribution in [0.25, 0.3) is 28.1 Å². The Kier molecular flexibility index (Phi) is 2.31. The van der Waals surface area contributed by atoms with Crippen molar-refractivity contribution in [1.29, 1.82) is 0 Å². The summed E-state index contributed by atoms with van der Waals surface area (Å²) in [4.78, 5) is 23.6. The molecule has 114 valence electrons. The second-order valence-electron chi connectivity index (χ2n) is 5.66. The summed E-state index contributed by atoms with van der Waals surface area (Å²) in [6, 6.07) is 4.05. The first-order valence-corrected chi connectivity index (χ1v) is 7.23. The van der Waals surface area contributed by atoms with Crippen LogP contribution in [0.2, 0.25) is 0 Å². The quantitative estimate of drug-likeness (QED) is 0.613. The Hall–Kier alpha value is -3.03. The van der Waals surface area contributed by atoms with E-state index in [4.69, 9.17) is 4.52 Å². The Morgan fingerprint density at radius 2 is 2.22 bits per heavy atom. The molecule has 0 bridgehead atoms. The second-order valence-corrected chi connectivity index (χ2v) is 5.66. The van der Waals surface area contributed by atoms with E-state index in [1.54, 1.807) is 16.8 Å². The van der Waals surface area contributed by atoms with Crippen molar-refractivity contribution in [2.75, 3.05) is 0 Å². The van der Waals surface area contributed by atoms with Crippen molar-refractivity contribution in [2.24, 2.45) is 0 Å². The Balaban J connectivity index is 1.78. The third-order valence-electron chi connectivity index (χ3n) is 4.04. The van der Waals surface area contributed by atoms with Crippen molar-refractivity contribution >= 4 is 16.6 Å². The van der Waals surface area contributed by atoms with E-state index in [-0.39, 0.29) is 10.9 Å². The van der Waals surface area contributed by atoms with Crippen LogP contribution in [-0.2, 0) is 0 Å². The van der Waals surface area contributed by atoms with Crippen molar-refractivity contribution < 1.29 is 8.91 Å². The van der Waals surface area contributed by atoms with Crippen LogP contribution in [0.3, 0.4) is 0 Å². The predicted octanol–water partition coefficient (Wildman–Crippen LogP) is 2.24. The number of nitrogens with zero attached hydrogens (tertiary/aromatic N) is 4. The van der Waals surface area contributed by atoms with E-state index in [9.17, 15) is 9.18 Å². The molecule has 8 heteroatoms. The minimum absolute atomic E-state index is 0.258. The topological polar surface area (TPSA) is 89.1 Å². The molecule has 23 heavy (non-hydrogen) atoms. The fourth-order valence-electron chi connectivity index (χ4n) is 2.72. The van der Waals surface area contributed by atoms with Gasteiger partial charge in [-0.1, -0.05) is 5.16 Å². The van der Waals surface area contributed by atoms with Crippen LogP contribution in [0.4, 0.5) is 4.39 Å². The molecule has 0 atom stereocenters. The molecule has 0 saturated heterocycles. The first-order valence-electron chi connectivity index (χ1n) is 7.23. The summed E-state index contributed by atoms with van der Waals surface area (Å²) in [7, 11) is 0. The van der Waals surface area contributed by atoms with Gasteiger partial charge in [0.15, 0.2) is 5.69 Å². The maximum Gasteiger partial charge on any atom is 0.259 e. The van der Waals surface area contributed by atoms with Crippen molar-refractivity contribution in [3.63, 3.8) is 0 Å². The van der Waals surface area contributed by atoms with Gasteiger partial charge in [0.05, 0.1) is 10.9 Å². The third-order valence-corrected chi connectivity index (χ3v) is 4.04. The summed E-state index contributed by atoms with van der Waals surface area (Å²) < 4.78 is 20.3. The van der Waals surface area contributed by atoms with Crippen molar-refractivity contribution in [3.8, 4) is 11.5 Å². The predicted molar refractivity (Wildman–Crippen MR) is 78.5 cm³/mol. The van der Waals surface area contributed by atoms with Gasteiger partial charge in [-0.25, -0.2) is 9.37 Å². The van der Waals surface area contributed by atoms with E-state index in [2.05, 4.69) is 20.1 Å². The Morgan fingerprint density at radius 3 is 3.04 bits per heavy atom. The summed E-state index contributed by atoms with van der Waals surface area (Å²) in [5.41, 5.74) is 1.07. The highest BCUT2D eigenvalue weighted by molar-refractivity contribution is 5.83. The van der Waals surface area contributed by atoms with E-state index in [0.29, 0.717) is 34.5 Å². The Labute approximate surface area is 127 Å². The molecule has 1 aromatic carbocycles. The van der Waals surface area contributed by atoms with E-state index < -0.39 is 5.82 Å². The van der Waals surface area contributed by atoms with Crippen LogP contribution < -0.4 is 5.56 Å². The number of aromatic amines is 1. The molecule has 0 amide bonds. The largest absolute Gasteiger partial charge is 0.339 e. The maximum absolute atomic E-state index is 13.4. The zero-order chi connectivity index (χ0) is 15.6. The molecule has 5 rings (SSSR count). The van der Waals surface area contributed by atoms with Crippen LogP contribution in [0.15, 0.2) is 33.8 Å². The number of nitrogens with one attached hydrogen (secondary N) is 1. The first-order chi connectivity index (χ1) is 11.2. The van der Waals surface area contributed by atoms with Gasteiger partial charge < -0.3 is 9.51 Å². The highest BCUT2D eigenvalue weighted by atomic mass is 19.1. The lowest BCUT2D eigenvalue weighted by atomic mass is 10.2. The van der Waals surface area contributed by atoms with Crippen LogP contribution in [-0.4, -0.2) is 24.5 Å². The van der Waals surface area contributed by atoms with E-state index in [1.165, 1.54) is 12.1 Å².